The first-order valence-corrected chi connectivity index (χ1v) is 9.11. The number of nitrogens with one attached hydrogen (secondary N) is 1. The van der Waals surface area contributed by atoms with Crippen molar-refractivity contribution < 1.29 is 9.59 Å². The minimum atomic E-state index is -0.0301. The van der Waals surface area contributed by atoms with Crippen LogP contribution in [0, 0.1) is 0 Å². The molecule has 5 heteroatoms. The van der Waals surface area contributed by atoms with E-state index in [0.29, 0.717) is 19.0 Å². The van der Waals surface area contributed by atoms with Crippen molar-refractivity contribution in [1.82, 2.24) is 15.1 Å². The average Bonchev–Trinajstić information content (AvgIpc) is 2.99. The molecule has 2 atom stereocenters. The number of piperidine rings is 1. The summed E-state index contributed by atoms with van der Waals surface area (Å²) in [6, 6.07) is 8.87. The summed E-state index contributed by atoms with van der Waals surface area (Å²) in [6.07, 6.45) is 5.04. The summed E-state index contributed by atoms with van der Waals surface area (Å²) in [7, 11) is 0. The van der Waals surface area contributed by atoms with Gasteiger partial charge in [0.25, 0.3) is 0 Å². The van der Waals surface area contributed by atoms with E-state index in [0.717, 1.165) is 25.9 Å². The number of benzene rings is 1. The number of hydrogen-bond acceptors (Lipinski definition) is 3. The van der Waals surface area contributed by atoms with E-state index >= 15 is 0 Å². The maximum absolute atomic E-state index is 12.6. The lowest BCUT2D eigenvalue weighted by Gasteiger charge is -2.45. The monoisotopic (exact) mass is 327 g/mol. The zero-order chi connectivity index (χ0) is 16.5. The summed E-state index contributed by atoms with van der Waals surface area (Å²) in [5.74, 6) is 0.0750. The molecule has 2 fully saturated rings. The lowest BCUT2D eigenvalue weighted by atomic mass is 9.84. The van der Waals surface area contributed by atoms with Crippen molar-refractivity contribution in [2.45, 2.75) is 50.7 Å². The van der Waals surface area contributed by atoms with Gasteiger partial charge in [-0.25, -0.2) is 0 Å². The van der Waals surface area contributed by atoms with E-state index in [2.05, 4.69) is 34.5 Å². The van der Waals surface area contributed by atoms with Gasteiger partial charge in [-0.05, 0) is 36.9 Å². The molecule has 1 N–H and O–H groups in total. The molecule has 3 aliphatic rings. The first-order valence-electron chi connectivity index (χ1n) is 9.11. The highest BCUT2D eigenvalue weighted by molar-refractivity contribution is 5.86. The van der Waals surface area contributed by atoms with E-state index in [1.54, 1.807) is 4.90 Å². The van der Waals surface area contributed by atoms with Crippen LogP contribution in [0.25, 0.3) is 0 Å². The predicted octanol–water partition coefficient (Wildman–Crippen LogP) is 1.83. The van der Waals surface area contributed by atoms with Gasteiger partial charge in [-0.2, -0.15) is 0 Å². The molecule has 0 aliphatic carbocycles. The third kappa shape index (κ3) is 2.93. The Kier molecular flexibility index (Phi) is 4.27. The Labute approximate surface area is 143 Å². The topological polar surface area (TPSA) is 52.7 Å². The molecule has 0 unspecified atom stereocenters. The van der Waals surface area contributed by atoms with Crippen LogP contribution >= 0.6 is 0 Å². The largest absolute Gasteiger partial charge is 0.346 e. The molecule has 1 aromatic rings. The second kappa shape index (κ2) is 6.55. The molecule has 0 radical (unpaired) electrons. The van der Waals surface area contributed by atoms with Crippen LogP contribution in [0.2, 0.25) is 0 Å². The maximum Gasteiger partial charge on any atom is 0.240 e. The summed E-state index contributed by atoms with van der Waals surface area (Å²) in [5.41, 5.74) is 2.57. The standard InChI is InChI=1S/C19H25N3O2/c23-17(13-22-11-5-9-18(22)24)20-19-15-7-2-1-6-14(15)12-21-10-4-3-8-16(19)21/h1-2,6-7,16,19H,3-5,8-13H2,(H,20,23)/t16-,19-/m1/s1. The maximum atomic E-state index is 12.6. The Morgan fingerprint density at radius 2 is 2.04 bits per heavy atom. The van der Waals surface area contributed by atoms with Crippen LogP contribution in [-0.2, 0) is 16.1 Å². The normalized spacial score (nSPS) is 26.8. The lowest BCUT2D eigenvalue weighted by Crippen LogP contribution is -2.52. The van der Waals surface area contributed by atoms with Crippen molar-refractivity contribution in [3.63, 3.8) is 0 Å². The molecule has 1 aromatic carbocycles. The number of carbonyl (C=O) groups excluding carboxylic acids is 2. The molecule has 5 nitrogen and oxygen atoms in total. The highest BCUT2D eigenvalue weighted by Crippen LogP contribution is 2.36. The SMILES string of the molecule is O=C(CN1CCCC1=O)N[C@@H]1c2ccccc2CN2CCCC[C@H]12. The second-order valence-electron chi connectivity index (χ2n) is 7.20. The van der Waals surface area contributed by atoms with E-state index in [9.17, 15) is 9.59 Å². The van der Waals surface area contributed by atoms with Crippen LogP contribution < -0.4 is 5.32 Å². The molecule has 2 saturated heterocycles. The fourth-order valence-electron chi connectivity index (χ4n) is 4.44. The average molecular weight is 327 g/mol. The van der Waals surface area contributed by atoms with Gasteiger partial charge in [0.1, 0.15) is 0 Å². The van der Waals surface area contributed by atoms with Crippen molar-refractivity contribution in [2.75, 3.05) is 19.6 Å². The van der Waals surface area contributed by atoms with Crippen LogP contribution in [0.15, 0.2) is 24.3 Å². The predicted molar refractivity (Wildman–Crippen MR) is 91.2 cm³/mol. The number of hydrogen-bond donors (Lipinski definition) is 1. The van der Waals surface area contributed by atoms with Crippen molar-refractivity contribution in [2.24, 2.45) is 0 Å². The van der Waals surface area contributed by atoms with Gasteiger partial charge in [-0.15, -0.1) is 0 Å². The van der Waals surface area contributed by atoms with Crippen LogP contribution in [0.4, 0.5) is 0 Å². The molecule has 0 saturated carbocycles. The minimum Gasteiger partial charge on any atom is -0.346 e. The molecule has 0 bridgehead atoms. The Morgan fingerprint density at radius 3 is 2.88 bits per heavy atom. The van der Waals surface area contributed by atoms with E-state index in [1.165, 1.54) is 24.0 Å². The highest BCUT2D eigenvalue weighted by Gasteiger charge is 2.37. The van der Waals surface area contributed by atoms with E-state index < -0.39 is 0 Å². The van der Waals surface area contributed by atoms with Crippen molar-refractivity contribution in [3.05, 3.63) is 35.4 Å². The molecule has 0 spiro atoms. The van der Waals surface area contributed by atoms with Gasteiger partial charge < -0.3 is 10.2 Å². The molecular weight excluding hydrogens is 302 g/mol. The fraction of sp³-hybridized carbons (Fsp3) is 0.579. The first-order chi connectivity index (χ1) is 11.7. The summed E-state index contributed by atoms with van der Waals surface area (Å²) < 4.78 is 0. The Bertz CT molecular complexity index is 645. The molecule has 3 heterocycles. The van der Waals surface area contributed by atoms with Gasteiger partial charge in [0.05, 0.1) is 12.6 Å². The molecule has 128 valence electrons. The summed E-state index contributed by atoms with van der Waals surface area (Å²) in [5, 5.41) is 3.25. The van der Waals surface area contributed by atoms with Gasteiger partial charge in [0.2, 0.25) is 11.8 Å². The number of amides is 2. The van der Waals surface area contributed by atoms with E-state index in [-0.39, 0.29) is 24.4 Å². The summed E-state index contributed by atoms with van der Waals surface area (Å²) >= 11 is 0. The number of rotatable bonds is 3. The molecule has 0 aromatic heterocycles. The van der Waals surface area contributed by atoms with Gasteiger partial charge in [0.15, 0.2) is 0 Å². The molecule has 2 amide bonds. The van der Waals surface area contributed by atoms with Crippen molar-refractivity contribution in [3.8, 4) is 0 Å². The minimum absolute atomic E-state index is 0.0301. The molecule has 24 heavy (non-hydrogen) atoms. The Hall–Kier alpha value is -1.88. The van der Waals surface area contributed by atoms with E-state index in [4.69, 9.17) is 0 Å². The molecular formula is C19H25N3O2. The first kappa shape index (κ1) is 15.6. The van der Waals surface area contributed by atoms with Gasteiger partial charge in [-0.3, -0.25) is 14.5 Å². The van der Waals surface area contributed by atoms with Crippen LogP contribution in [0.3, 0.4) is 0 Å². The lowest BCUT2D eigenvalue weighted by molar-refractivity contribution is -0.133. The molecule has 3 aliphatic heterocycles. The third-order valence-corrected chi connectivity index (χ3v) is 5.63. The van der Waals surface area contributed by atoms with Crippen molar-refractivity contribution in [1.29, 1.82) is 0 Å². The Morgan fingerprint density at radius 1 is 1.17 bits per heavy atom. The highest BCUT2D eigenvalue weighted by atomic mass is 16.2. The number of likely N-dealkylation sites (tertiary alicyclic amines) is 1. The van der Waals surface area contributed by atoms with Gasteiger partial charge in [0, 0.05) is 25.6 Å². The van der Waals surface area contributed by atoms with Crippen molar-refractivity contribution >= 4 is 11.8 Å². The smallest absolute Gasteiger partial charge is 0.240 e. The van der Waals surface area contributed by atoms with Crippen LogP contribution in [-0.4, -0.2) is 47.3 Å². The zero-order valence-corrected chi connectivity index (χ0v) is 14.0. The Balaban J connectivity index is 1.53. The van der Waals surface area contributed by atoms with Gasteiger partial charge in [-0.1, -0.05) is 30.7 Å². The zero-order valence-electron chi connectivity index (χ0n) is 14.0. The van der Waals surface area contributed by atoms with Crippen LogP contribution in [0.5, 0.6) is 0 Å². The number of carbonyl (C=O) groups is 2. The van der Waals surface area contributed by atoms with Gasteiger partial charge >= 0.3 is 0 Å². The quantitative estimate of drug-likeness (QED) is 0.921. The summed E-state index contributed by atoms with van der Waals surface area (Å²) in [4.78, 5) is 28.5. The number of fused-ring (bicyclic) bond motifs is 2. The van der Waals surface area contributed by atoms with E-state index in [1.807, 2.05) is 0 Å². The second-order valence-corrected chi connectivity index (χ2v) is 7.20. The summed E-state index contributed by atoms with van der Waals surface area (Å²) in [6.45, 7) is 3.00. The van der Waals surface area contributed by atoms with Crippen LogP contribution in [0.1, 0.15) is 49.3 Å². The molecule has 4 rings (SSSR count). The number of nitrogens with zero attached hydrogens (tertiary/aromatic N) is 2. The fourth-order valence-corrected chi connectivity index (χ4v) is 4.44. The third-order valence-electron chi connectivity index (χ3n) is 5.63.